The van der Waals surface area contributed by atoms with Crippen molar-refractivity contribution in [2.24, 2.45) is 11.8 Å². The highest BCUT2D eigenvalue weighted by Gasteiger charge is 2.30. The van der Waals surface area contributed by atoms with E-state index in [2.05, 4.69) is 38.4 Å². The van der Waals surface area contributed by atoms with Crippen LogP contribution in [0.15, 0.2) is 27.8 Å². The van der Waals surface area contributed by atoms with Gasteiger partial charge in [-0.1, -0.05) is 49.9 Å². The summed E-state index contributed by atoms with van der Waals surface area (Å²) in [6.07, 6.45) is 10.4. The molecule has 1 aliphatic heterocycles. The van der Waals surface area contributed by atoms with Crippen LogP contribution < -0.4 is 10.7 Å². The summed E-state index contributed by atoms with van der Waals surface area (Å²) in [5, 5.41) is 4.32. The Morgan fingerprint density at radius 1 is 1.15 bits per heavy atom. The predicted octanol–water partition coefficient (Wildman–Crippen LogP) is 4.72. The van der Waals surface area contributed by atoms with Crippen LogP contribution in [0.3, 0.4) is 0 Å². The first-order valence-corrected chi connectivity index (χ1v) is 14.2. The van der Waals surface area contributed by atoms with Gasteiger partial charge in [-0.2, -0.15) is 4.98 Å². The van der Waals surface area contributed by atoms with Crippen molar-refractivity contribution in [1.29, 1.82) is 0 Å². The van der Waals surface area contributed by atoms with Gasteiger partial charge >= 0.3 is 5.76 Å². The average Bonchev–Trinajstić information content (AvgIpc) is 3.53. The zero-order valence-electron chi connectivity index (χ0n) is 22.3. The van der Waals surface area contributed by atoms with Gasteiger partial charge < -0.3 is 14.2 Å². The Morgan fingerprint density at radius 2 is 2.00 bits per heavy atom. The molecule has 5 heterocycles. The maximum absolute atomic E-state index is 11.7. The molecule has 0 spiro atoms. The first-order chi connectivity index (χ1) is 19.0. The van der Waals surface area contributed by atoms with Crippen molar-refractivity contribution >= 4 is 28.7 Å². The second-order valence-electron chi connectivity index (χ2n) is 10.8. The molecule has 11 nitrogen and oxygen atoms in total. The minimum atomic E-state index is -0.673. The van der Waals surface area contributed by atoms with E-state index in [9.17, 15) is 4.79 Å². The summed E-state index contributed by atoms with van der Waals surface area (Å²) in [6, 6.07) is 1.83. The molecule has 1 saturated carbocycles. The number of aromatic nitrogens is 7. The van der Waals surface area contributed by atoms with Crippen molar-refractivity contribution in [2.75, 3.05) is 24.6 Å². The molecule has 1 saturated heterocycles. The summed E-state index contributed by atoms with van der Waals surface area (Å²) in [4.78, 5) is 35.6. The van der Waals surface area contributed by atoms with Crippen LogP contribution in [-0.2, 0) is 11.3 Å². The number of pyridine rings is 1. The van der Waals surface area contributed by atoms with E-state index >= 15 is 0 Å². The van der Waals surface area contributed by atoms with Crippen LogP contribution in [0, 0.1) is 11.8 Å². The highest BCUT2D eigenvalue weighted by atomic mass is 35.5. The van der Waals surface area contributed by atoms with Gasteiger partial charge in [0.15, 0.2) is 5.65 Å². The second kappa shape index (κ2) is 11.1. The number of hydrogen-bond donors (Lipinski definition) is 1. The number of imidazole rings is 1. The molecule has 2 aliphatic rings. The minimum Gasteiger partial charge on any atom is -0.375 e. The third kappa shape index (κ3) is 5.42. The van der Waals surface area contributed by atoms with Crippen LogP contribution in [0.5, 0.6) is 0 Å². The molecule has 0 bridgehead atoms. The van der Waals surface area contributed by atoms with Crippen LogP contribution in [0.25, 0.3) is 34.1 Å². The van der Waals surface area contributed by atoms with Gasteiger partial charge in [0.2, 0.25) is 17.6 Å². The Balaban J connectivity index is 1.54. The summed E-state index contributed by atoms with van der Waals surface area (Å²) in [5.41, 5.74) is 2.71. The topological polar surface area (TPSA) is 128 Å². The number of H-pyrrole nitrogens is 1. The molecule has 0 radical (unpaired) electrons. The largest absolute Gasteiger partial charge is 0.439 e. The molecule has 6 rings (SSSR count). The number of nitrogens with zero attached hydrogens (tertiary/aromatic N) is 7. The van der Waals surface area contributed by atoms with Crippen LogP contribution in [-0.4, -0.2) is 60.4 Å². The highest BCUT2D eigenvalue weighted by molar-refractivity contribution is 6.30. The summed E-state index contributed by atoms with van der Waals surface area (Å²) in [5.74, 6) is 1.85. The molecule has 0 amide bonds. The first kappa shape index (κ1) is 25.9. The normalized spacial score (nSPS) is 22.0. The van der Waals surface area contributed by atoms with Crippen molar-refractivity contribution in [3.05, 3.63) is 34.0 Å². The zero-order chi connectivity index (χ0) is 26.9. The Bertz CT molecular complexity index is 1500. The number of anilines is 1. The van der Waals surface area contributed by atoms with Crippen molar-refractivity contribution in [2.45, 2.75) is 65.0 Å². The number of rotatable bonds is 7. The van der Waals surface area contributed by atoms with E-state index in [0.717, 1.165) is 55.4 Å². The number of morpholine rings is 1. The van der Waals surface area contributed by atoms with E-state index in [1.807, 2.05) is 6.07 Å². The summed E-state index contributed by atoms with van der Waals surface area (Å²) in [7, 11) is 0. The van der Waals surface area contributed by atoms with Crippen LogP contribution in [0.1, 0.15) is 52.4 Å². The van der Waals surface area contributed by atoms with Crippen molar-refractivity contribution in [3.63, 3.8) is 0 Å². The van der Waals surface area contributed by atoms with E-state index in [4.69, 9.17) is 35.8 Å². The third-order valence-corrected chi connectivity index (χ3v) is 8.03. The summed E-state index contributed by atoms with van der Waals surface area (Å²) >= 11 is 6.36. The molecule has 206 valence electrons. The van der Waals surface area contributed by atoms with Crippen molar-refractivity contribution in [3.8, 4) is 22.9 Å². The van der Waals surface area contributed by atoms with Crippen LogP contribution >= 0.6 is 11.6 Å². The Hall–Kier alpha value is -3.31. The zero-order valence-corrected chi connectivity index (χ0v) is 23.0. The van der Waals surface area contributed by atoms with Gasteiger partial charge in [0.05, 0.1) is 17.7 Å². The minimum absolute atomic E-state index is 0.143. The average molecular weight is 553 g/mol. The molecule has 4 aromatic heterocycles. The maximum Gasteiger partial charge on any atom is 0.439 e. The molecule has 1 atom stereocenters. The molecule has 12 heteroatoms. The molecule has 1 aliphatic carbocycles. The van der Waals surface area contributed by atoms with Gasteiger partial charge in [0, 0.05) is 37.6 Å². The fourth-order valence-corrected chi connectivity index (χ4v) is 5.96. The van der Waals surface area contributed by atoms with Gasteiger partial charge in [-0.05, 0) is 37.2 Å². The Labute approximate surface area is 231 Å². The lowest BCUT2D eigenvalue weighted by Crippen LogP contribution is -2.43. The van der Waals surface area contributed by atoms with Crippen LogP contribution in [0.4, 0.5) is 5.95 Å². The fourth-order valence-electron chi connectivity index (χ4n) is 5.78. The summed E-state index contributed by atoms with van der Waals surface area (Å²) in [6.45, 7) is 7.50. The number of ether oxygens (including phenoxy) is 1. The van der Waals surface area contributed by atoms with Gasteiger partial charge in [0.25, 0.3) is 0 Å². The lowest BCUT2D eigenvalue weighted by molar-refractivity contribution is 0.0340. The fraction of sp³-hybridized carbons (Fsp3) is 0.556. The molecule has 0 unspecified atom stereocenters. The molecular weight excluding hydrogens is 520 g/mol. The maximum atomic E-state index is 11.7. The molecule has 4 aromatic rings. The van der Waals surface area contributed by atoms with E-state index in [0.29, 0.717) is 28.9 Å². The third-order valence-electron chi connectivity index (χ3n) is 7.82. The SMILES string of the molecule is CCC[C@@H]1CN(c2nc3nc(-c4noc(=O)[nH]4)nc(-c4cncc(Cl)c4)c3n2C[C@H]2CC[C@H](C)CC2)CCO1. The predicted molar refractivity (Wildman–Crippen MR) is 148 cm³/mol. The van der Waals surface area contributed by atoms with Gasteiger partial charge in [-0.25, -0.2) is 14.8 Å². The Morgan fingerprint density at radius 3 is 2.74 bits per heavy atom. The van der Waals surface area contributed by atoms with Crippen LogP contribution in [0.2, 0.25) is 5.02 Å². The second-order valence-corrected chi connectivity index (χ2v) is 11.2. The van der Waals surface area contributed by atoms with Gasteiger partial charge in [-0.15, -0.1) is 0 Å². The van der Waals surface area contributed by atoms with Gasteiger partial charge in [-0.3, -0.25) is 14.5 Å². The highest BCUT2D eigenvalue weighted by Crippen LogP contribution is 2.36. The molecule has 1 N–H and O–H groups in total. The van der Waals surface area contributed by atoms with Crippen molar-refractivity contribution < 1.29 is 9.26 Å². The lowest BCUT2D eigenvalue weighted by Gasteiger charge is -2.35. The van der Waals surface area contributed by atoms with E-state index in [1.54, 1.807) is 12.4 Å². The monoisotopic (exact) mass is 552 g/mol. The Kier molecular flexibility index (Phi) is 7.35. The number of fused-ring (bicyclic) bond motifs is 1. The smallest absolute Gasteiger partial charge is 0.375 e. The number of hydrogen-bond acceptors (Lipinski definition) is 9. The lowest BCUT2D eigenvalue weighted by atomic mass is 9.83. The quantitative estimate of drug-likeness (QED) is 0.346. The standard InChI is InChI=1S/C27H33ClN8O3/c1-3-4-20-15-35(9-10-38-20)26-32-23-22(36(26)14-17-7-5-16(2)6-8-17)21(18-11-19(28)13-29-12-18)30-24(31-23)25-33-27(37)39-34-25/h11-13,16-17,20H,3-10,14-15H2,1-2H3,(H,33,34,37)/t16-,17-,20-/m1/s1. The molecular formula is C27H33ClN8O3. The molecule has 0 aromatic carbocycles. The molecule has 2 fully saturated rings. The van der Waals surface area contributed by atoms with Gasteiger partial charge in [0.1, 0.15) is 11.2 Å². The van der Waals surface area contributed by atoms with Crippen molar-refractivity contribution in [1.82, 2.24) is 34.6 Å². The summed E-state index contributed by atoms with van der Waals surface area (Å²) < 4.78 is 13.1. The van der Waals surface area contributed by atoms with E-state index < -0.39 is 5.76 Å². The number of aromatic amines is 1. The first-order valence-electron chi connectivity index (χ1n) is 13.8. The molecule has 39 heavy (non-hydrogen) atoms. The number of nitrogens with one attached hydrogen (secondary N) is 1. The van der Waals surface area contributed by atoms with E-state index in [-0.39, 0.29) is 17.8 Å². The number of halogens is 1. The van der Waals surface area contributed by atoms with E-state index in [1.165, 1.54) is 25.7 Å².